The van der Waals surface area contributed by atoms with Gasteiger partial charge < -0.3 is 10.4 Å². The lowest BCUT2D eigenvalue weighted by molar-refractivity contribution is 0.233. The number of nitrogens with one attached hydrogen (secondary N) is 1. The van der Waals surface area contributed by atoms with E-state index in [-0.39, 0.29) is 19.0 Å². The second-order valence-electron chi connectivity index (χ2n) is 3.67. The first-order valence-corrected chi connectivity index (χ1v) is 4.48. The van der Waals surface area contributed by atoms with Gasteiger partial charge in [-0.3, -0.25) is 0 Å². The van der Waals surface area contributed by atoms with E-state index in [0.717, 1.165) is 19.0 Å². The van der Waals surface area contributed by atoms with E-state index in [9.17, 15) is 0 Å². The molecule has 1 unspecified atom stereocenters. The molecule has 2 nitrogen and oxygen atoms in total. The SMILES string of the molecule is CC(C)CCNCC(C)CO.Cl. The molecule has 0 aliphatic carbocycles. The second kappa shape index (κ2) is 9.30. The lowest BCUT2D eigenvalue weighted by Crippen LogP contribution is -2.24. The normalized spacial score (nSPS) is 12.8. The van der Waals surface area contributed by atoms with Crippen LogP contribution in [0, 0.1) is 11.8 Å². The molecule has 3 heteroatoms. The summed E-state index contributed by atoms with van der Waals surface area (Å²) in [6.45, 7) is 8.77. The zero-order chi connectivity index (χ0) is 8.69. The summed E-state index contributed by atoms with van der Waals surface area (Å²) in [5.41, 5.74) is 0. The summed E-state index contributed by atoms with van der Waals surface area (Å²) >= 11 is 0. The van der Waals surface area contributed by atoms with Crippen LogP contribution in [0.2, 0.25) is 0 Å². The standard InChI is InChI=1S/C9H21NO.ClH/c1-8(2)4-5-10-6-9(3)7-11;/h8-11H,4-7H2,1-3H3;1H. The van der Waals surface area contributed by atoms with E-state index in [0.29, 0.717) is 5.92 Å². The second-order valence-corrected chi connectivity index (χ2v) is 3.67. The topological polar surface area (TPSA) is 32.3 Å². The molecule has 0 aromatic heterocycles. The van der Waals surface area contributed by atoms with Crippen molar-refractivity contribution in [3.8, 4) is 0 Å². The summed E-state index contributed by atoms with van der Waals surface area (Å²) in [6, 6.07) is 0. The van der Waals surface area contributed by atoms with E-state index in [2.05, 4.69) is 19.2 Å². The van der Waals surface area contributed by atoms with Gasteiger partial charge in [-0.15, -0.1) is 12.4 Å². The lowest BCUT2D eigenvalue weighted by Gasteiger charge is -2.10. The number of rotatable bonds is 6. The zero-order valence-electron chi connectivity index (χ0n) is 8.34. The largest absolute Gasteiger partial charge is 0.396 e. The minimum Gasteiger partial charge on any atom is -0.396 e. The van der Waals surface area contributed by atoms with Crippen molar-refractivity contribution >= 4 is 12.4 Å². The van der Waals surface area contributed by atoms with Gasteiger partial charge in [0.1, 0.15) is 0 Å². The van der Waals surface area contributed by atoms with Crippen molar-refractivity contribution in [2.24, 2.45) is 11.8 Å². The maximum absolute atomic E-state index is 8.70. The highest BCUT2D eigenvalue weighted by atomic mass is 35.5. The molecule has 0 aliphatic rings. The van der Waals surface area contributed by atoms with Crippen LogP contribution in [0.3, 0.4) is 0 Å². The first kappa shape index (κ1) is 14.7. The van der Waals surface area contributed by atoms with E-state index in [4.69, 9.17) is 5.11 Å². The Labute approximate surface area is 82.2 Å². The summed E-state index contributed by atoms with van der Waals surface area (Å²) < 4.78 is 0. The van der Waals surface area contributed by atoms with Crippen LogP contribution in [0.1, 0.15) is 27.2 Å². The van der Waals surface area contributed by atoms with Crippen LogP contribution in [0.5, 0.6) is 0 Å². The number of hydrogen-bond donors (Lipinski definition) is 2. The molecule has 2 N–H and O–H groups in total. The Morgan fingerprint density at radius 3 is 2.25 bits per heavy atom. The average molecular weight is 196 g/mol. The molecular formula is C9H22ClNO. The Kier molecular flexibility index (Phi) is 11.4. The molecule has 0 bridgehead atoms. The number of hydrogen-bond acceptors (Lipinski definition) is 2. The first-order valence-electron chi connectivity index (χ1n) is 4.48. The molecule has 0 rings (SSSR count). The fourth-order valence-electron chi connectivity index (χ4n) is 0.804. The molecule has 1 atom stereocenters. The van der Waals surface area contributed by atoms with Gasteiger partial charge >= 0.3 is 0 Å². The highest BCUT2D eigenvalue weighted by Crippen LogP contribution is 1.96. The first-order chi connectivity index (χ1) is 5.16. The Bertz CT molecular complexity index is 88.6. The van der Waals surface area contributed by atoms with Crippen molar-refractivity contribution in [3.63, 3.8) is 0 Å². The molecule has 0 saturated carbocycles. The van der Waals surface area contributed by atoms with Crippen LogP contribution in [-0.4, -0.2) is 24.8 Å². The Balaban J connectivity index is 0. The minimum absolute atomic E-state index is 0. The fourth-order valence-corrected chi connectivity index (χ4v) is 0.804. The van der Waals surface area contributed by atoms with Crippen molar-refractivity contribution in [1.82, 2.24) is 5.32 Å². The summed E-state index contributed by atoms with van der Waals surface area (Å²) in [5.74, 6) is 1.16. The molecule has 12 heavy (non-hydrogen) atoms. The van der Waals surface area contributed by atoms with Gasteiger partial charge in [-0.1, -0.05) is 20.8 Å². The maximum Gasteiger partial charge on any atom is 0.0468 e. The molecular weight excluding hydrogens is 174 g/mol. The molecule has 0 heterocycles. The van der Waals surface area contributed by atoms with Gasteiger partial charge in [0.25, 0.3) is 0 Å². The lowest BCUT2D eigenvalue weighted by atomic mass is 10.1. The van der Waals surface area contributed by atoms with Gasteiger partial charge in [0.15, 0.2) is 0 Å². The van der Waals surface area contributed by atoms with Gasteiger partial charge in [0, 0.05) is 6.61 Å². The van der Waals surface area contributed by atoms with E-state index in [1.54, 1.807) is 0 Å². The maximum atomic E-state index is 8.70. The molecule has 0 amide bonds. The van der Waals surface area contributed by atoms with Crippen LogP contribution < -0.4 is 5.32 Å². The number of aliphatic hydroxyl groups is 1. The number of aliphatic hydroxyl groups excluding tert-OH is 1. The molecule has 0 saturated heterocycles. The zero-order valence-corrected chi connectivity index (χ0v) is 9.16. The minimum atomic E-state index is 0. The van der Waals surface area contributed by atoms with Gasteiger partial charge in [-0.2, -0.15) is 0 Å². The quantitative estimate of drug-likeness (QED) is 0.633. The van der Waals surface area contributed by atoms with Crippen molar-refractivity contribution in [2.45, 2.75) is 27.2 Å². The third kappa shape index (κ3) is 10.2. The summed E-state index contributed by atoms with van der Waals surface area (Å²) in [6.07, 6.45) is 1.22. The molecule has 0 spiro atoms. The summed E-state index contributed by atoms with van der Waals surface area (Å²) in [7, 11) is 0. The predicted octanol–water partition coefficient (Wildman–Crippen LogP) is 1.67. The highest BCUT2D eigenvalue weighted by Gasteiger charge is 1.98. The van der Waals surface area contributed by atoms with E-state index >= 15 is 0 Å². The molecule has 0 aliphatic heterocycles. The Morgan fingerprint density at radius 2 is 1.83 bits per heavy atom. The smallest absolute Gasteiger partial charge is 0.0468 e. The van der Waals surface area contributed by atoms with Crippen molar-refractivity contribution < 1.29 is 5.11 Å². The molecule has 76 valence electrons. The monoisotopic (exact) mass is 195 g/mol. The van der Waals surface area contributed by atoms with E-state index < -0.39 is 0 Å². The van der Waals surface area contributed by atoms with Crippen LogP contribution >= 0.6 is 12.4 Å². The molecule has 0 aromatic carbocycles. The van der Waals surface area contributed by atoms with Gasteiger partial charge in [-0.05, 0) is 31.3 Å². The average Bonchev–Trinajstić information content (AvgIpc) is 1.97. The van der Waals surface area contributed by atoms with Crippen LogP contribution in [-0.2, 0) is 0 Å². The van der Waals surface area contributed by atoms with Crippen LogP contribution in [0.25, 0.3) is 0 Å². The highest BCUT2D eigenvalue weighted by molar-refractivity contribution is 5.85. The molecule has 0 radical (unpaired) electrons. The summed E-state index contributed by atoms with van der Waals surface area (Å²) in [5, 5.41) is 12.0. The van der Waals surface area contributed by atoms with Crippen LogP contribution in [0.4, 0.5) is 0 Å². The van der Waals surface area contributed by atoms with Gasteiger partial charge in [0.2, 0.25) is 0 Å². The fraction of sp³-hybridized carbons (Fsp3) is 1.00. The third-order valence-corrected chi connectivity index (χ3v) is 1.70. The van der Waals surface area contributed by atoms with Crippen LogP contribution in [0.15, 0.2) is 0 Å². The third-order valence-electron chi connectivity index (χ3n) is 1.70. The Hall–Kier alpha value is 0.210. The molecule has 0 aromatic rings. The summed E-state index contributed by atoms with van der Waals surface area (Å²) in [4.78, 5) is 0. The van der Waals surface area contributed by atoms with Crippen molar-refractivity contribution in [2.75, 3.05) is 19.7 Å². The number of halogens is 1. The van der Waals surface area contributed by atoms with Gasteiger partial charge in [0.05, 0.1) is 0 Å². The van der Waals surface area contributed by atoms with E-state index in [1.807, 2.05) is 6.92 Å². The Morgan fingerprint density at radius 1 is 1.25 bits per heavy atom. The molecule has 0 fully saturated rings. The predicted molar refractivity (Wildman–Crippen MR) is 55.8 cm³/mol. The van der Waals surface area contributed by atoms with Crippen molar-refractivity contribution in [3.05, 3.63) is 0 Å². The van der Waals surface area contributed by atoms with Gasteiger partial charge in [-0.25, -0.2) is 0 Å². The van der Waals surface area contributed by atoms with Crippen molar-refractivity contribution in [1.29, 1.82) is 0 Å². The van der Waals surface area contributed by atoms with E-state index in [1.165, 1.54) is 6.42 Å².